The van der Waals surface area contributed by atoms with Crippen LogP contribution in [0.2, 0.25) is 0 Å². The van der Waals surface area contributed by atoms with E-state index in [0.29, 0.717) is 37.9 Å². The van der Waals surface area contributed by atoms with Gasteiger partial charge >= 0.3 is 5.97 Å². The number of anilines is 1. The van der Waals surface area contributed by atoms with E-state index in [9.17, 15) is 9.90 Å². The monoisotopic (exact) mass is 279 g/mol. The summed E-state index contributed by atoms with van der Waals surface area (Å²) in [6.07, 6.45) is 1.52. The van der Waals surface area contributed by atoms with Crippen LogP contribution in [0.1, 0.15) is 32.4 Å². The highest BCUT2D eigenvalue weighted by Gasteiger charge is 2.41. The third-order valence-electron chi connectivity index (χ3n) is 3.55. The van der Waals surface area contributed by atoms with Crippen LogP contribution in [0.3, 0.4) is 0 Å². The molecule has 1 aliphatic rings. The first-order valence-corrected chi connectivity index (χ1v) is 6.91. The van der Waals surface area contributed by atoms with Gasteiger partial charge in [0.05, 0.1) is 12.0 Å². The van der Waals surface area contributed by atoms with Gasteiger partial charge in [0, 0.05) is 24.8 Å². The molecule has 0 amide bonds. The van der Waals surface area contributed by atoms with Crippen LogP contribution in [0.4, 0.5) is 5.95 Å². The zero-order chi connectivity index (χ0) is 14.8. The SMILES string of the molecule is CCCOc1cc(C)nc(N2CCC(C)(C(=O)O)C2)n1. The predicted molar refractivity (Wildman–Crippen MR) is 75.1 cm³/mol. The smallest absolute Gasteiger partial charge is 0.311 e. The second-order valence-corrected chi connectivity index (χ2v) is 5.53. The number of aromatic nitrogens is 2. The molecule has 2 rings (SSSR count). The van der Waals surface area contributed by atoms with Crippen LogP contribution < -0.4 is 9.64 Å². The van der Waals surface area contributed by atoms with Crippen LogP contribution in [0.5, 0.6) is 5.88 Å². The summed E-state index contributed by atoms with van der Waals surface area (Å²) in [7, 11) is 0. The number of carboxylic acids is 1. The molecule has 110 valence electrons. The average Bonchev–Trinajstić information content (AvgIpc) is 2.80. The summed E-state index contributed by atoms with van der Waals surface area (Å²) in [6.45, 7) is 7.38. The molecule has 0 spiro atoms. The summed E-state index contributed by atoms with van der Waals surface area (Å²) < 4.78 is 5.54. The zero-order valence-corrected chi connectivity index (χ0v) is 12.2. The Kier molecular flexibility index (Phi) is 4.11. The van der Waals surface area contributed by atoms with Crippen LogP contribution in [0.15, 0.2) is 6.07 Å². The van der Waals surface area contributed by atoms with Crippen molar-refractivity contribution in [3.05, 3.63) is 11.8 Å². The molecular formula is C14H21N3O3. The first-order valence-electron chi connectivity index (χ1n) is 6.91. The summed E-state index contributed by atoms with van der Waals surface area (Å²) in [6, 6.07) is 1.80. The second kappa shape index (κ2) is 5.64. The fraction of sp³-hybridized carbons (Fsp3) is 0.643. The highest BCUT2D eigenvalue weighted by atomic mass is 16.5. The largest absolute Gasteiger partial charge is 0.481 e. The Morgan fingerprint density at radius 1 is 1.55 bits per heavy atom. The van der Waals surface area contributed by atoms with Crippen LogP contribution in [0, 0.1) is 12.3 Å². The minimum Gasteiger partial charge on any atom is -0.481 e. The van der Waals surface area contributed by atoms with Crippen molar-refractivity contribution in [2.45, 2.75) is 33.6 Å². The van der Waals surface area contributed by atoms with Gasteiger partial charge in [-0.1, -0.05) is 6.92 Å². The van der Waals surface area contributed by atoms with E-state index in [1.165, 1.54) is 0 Å². The maximum Gasteiger partial charge on any atom is 0.311 e. The maximum atomic E-state index is 11.3. The third-order valence-corrected chi connectivity index (χ3v) is 3.55. The summed E-state index contributed by atoms with van der Waals surface area (Å²) in [5.41, 5.74) is 0.0994. The lowest BCUT2D eigenvalue weighted by Gasteiger charge is -2.20. The third kappa shape index (κ3) is 3.00. The lowest BCUT2D eigenvalue weighted by atomic mass is 9.90. The number of aliphatic carboxylic acids is 1. The number of hydrogen-bond acceptors (Lipinski definition) is 5. The highest BCUT2D eigenvalue weighted by Crippen LogP contribution is 2.32. The number of rotatable bonds is 5. The van der Waals surface area contributed by atoms with Crippen molar-refractivity contribution in [3.63, 3.8) is 0 Å². The van der Waals surface area contributed by atoms with Gasteiger partial charge in [0.2, 0.25) is 11.8 Å². The minimum atomic E-state index is -0.768. The van der Waals surface area contributed by atoms with Crippen molar-refractivity contribution in [1.29, 1.82) is 0 Å². The molecular weight excluding hydrogens is 258 g/mol. The lowest BCUT2D eigenvalue weighted by Crippen LogP contribution is -2.32. The standard InChI is InChI=1S/C14H21N3O3/c1-4-7-20-11-8-10(2)15-13(16-11)17-6-5-14(3,9-17)12(18)19/h8H,4-7,9H2,1-3H3,(H,18,19). The second-order valence-electron chi connectivity index (χ2n) is 5.53. The Balaban J connectivity index is 2.17. The van der Waals surface area contributed by atoms with Crippen molar-refractivity contribution in [2.75, 3.05) is 24.6 Å². The summed E-state index contributed by atoms with van der Waals surface area (Å²) >= 11 is 0. The van der Waals surface area contributed by atoms with Gasteiger partial charge < -0.3 is 14.7 Å². The summed E-state index contributed by atoms with van der Waals surface area (Å²) in [5, 5.41) is 9.27. The van der Waals surface area contributed by atoms with E-state index < -0.39 is 11.4 Å². The topological polar surface area (TPSA) is 75.5 Å². The van der Waals surface area contributed by atoms with E-state index in [-0.39, 0.29) is 0 Å². The van der Waals surface area contributed by atoms with E-state index in [1.807, 2.05) is 18.7 Å². The number of nitrogens with zero attached hydrogens (tertiary/aromatic N) is 3. The van der Waals surface area contributed by atoms with Crippen LogP contribution in [0.25, 0.3) is 0 Å². The fourth-order valence-electron chi connectivity index (χ4n) is 2.25. The molecule has 0 radical (unpaired) electrons. The van der Waals surface area contributed by atoms with Gasteiger partial charge in [-0.25, -0.2) is 4.98 Å². The van der Waals surface area contributed by atoms with Crippen molar-refractivity contribution < 1.29 is 14.6 Å². The van der Waals surface area contributed by atoms with Gasteiger partial charge in [-0.05, 0) is 26.7 Å². The van der Waals surface area contributed by atoms with Crippen molar-refractivity contribution in [3.8, 4) is 5.88 Å². The molecule has 1 saturated heterocycles. The molecule has 1 atom stereocenters. The maximum absolute atomic E-state index is 11.3. The van der Waals surface area contributed by atoms with Gasteiger partial charge in [0.25, 0.3) is 0 Å². The van der Waals surface area contributed by atoms with Gasteiger partial charge in [-0.3, -0.25) is 4.79 Å². The van der Waals surface area contributed by atoms with Crippen LogP contribution in [-0.4, -0.2) is 40.7 Å². The van der Waals surface area contributed by atoms with Gasteiger partial charge in [0.1, 0.15) is 0 Å². The van der Waals surface area contributed by atoms with Crippen LogP contribution >= 0.6 is 0 Å². The Bertz CT molecular complexity index is 506. The van der Waals surface area contributed by atoms with Gasteiger partial charge in [-0.15, -0.1) is 0 Å². The van der Waals surface area contributed by atoms with Crippen molar-refractivity contribution in [1.82, 2.24) is 9.97 Å². The average molecular weight is 279 g/mol. The summed E-state index contributed by atoms with van der Waals surface area (Å²) in [4.78, 5) is 22.0. The fourth-order valence-corrected chi connectivity index (χ4v) is 2.25. The first kappa shape index (κ1) is 14.6. The first-order chi connectivity index (χ1) is 9.44. The van der Waals surface area contributed by atoms with Crippen molar-refractivity contribution in [2.24, 2.45) is 5.41 Å². The molecule has 2 heterocycles. The number of hydrogen-bond donors (Lipinski definition) is 1. The molecule has 6 heteroatoms. The Morgan fingerprint density at radius 2 is 2.30 bits per heavy atom. The Morgan fingerprint density at radius 3 is 2.90 bits per heavy atom. The van der Waals surface area contributed by atoms with E-state index in [4.69, 9.17) is 4.74 Å². The Hall–Kier alpha value is -1.85. The van der Waals surface area contributed by atoms with E-state index in [0.717, 1.165) is 12.1 Å². The molecule has 1 aliphatic heterocycles. The molecule has 1 aromatic rings. The molecule has 1 fully saturated rings. The lowest BCUT2D eigenvalue weighted by molar-refractivity contribution is -0.146. The minimum absolute atomic E-state index is 0.430. The molecule has 0 aliphatic carbocycles. The molecule has 20 heavy (non-hydrogen) atoms. The quantitative estimate of drug-likeness (QED) is 0.887. The van der Waals surface area contributed by atoms with E-state index >= 15 is 0 Å². The number of carboxylic acid groups (broad SMARTS) is 1. The van der Waals surface area contributed by atoms with E-state index in [2.05, 4.69) is 9.97 Å². The van der Waals surface area contributed by atoms with Gasteiger partial charge in [0.15, 0.2) is 0 Å². The number of aryl methyl sites for hydroxylation is 1. The Labute approximate surface area is 118 Å². The number of carbonyl (C=O) groups is 1. The summed E-state index contributed by atoms with van der Waals surface area (Å²) in [5.74, 6) is 0.342. The normalized spacial score (nSPS) is 22.1. The zero-order valence-electron chi connectivity index (χ0n) is 12.2. The van der Waals surface area contributed by atoms with Gasteiger partial charge in [-0.2, -0.15) is 4.98 Å². The van der Waals surface area contributed by atoms with Crippen LogP contribution in [-0.2, 0) is 4.79 Å². The molecule has 6 nitrogen and oxygen atoms in total. The predicted octanol–water partition coefficient (Wildman–Crippen LogP) is 1.87. The molecule has 0 saturated carbocycles. The van der Waals surface area contributed by atoms with Crippen molar-refractivity contribution >= 4 is 11.9 Å². The molecule has 0 bridgehead atoms. The molecule has 0 aromatic carbocycles. The van der Waals surface area contributed by atoms with E-state index in [1.54, 1.807) is 13.0 Å². The number of ether oxygens (including phenoxy) is 1. The molecule has 1 N–H and O–H groups in total. The molecule has 1 unspecified atom stereocenters. The highest BCUT2D eigenvalue weighted by molar-refractivity contribution is 5.76. The molecule has 1 aromatic heterocycles.